The Balaban J connectivity index is 2.54. The molecule has 0 aliphatic carbocycles. The van der Waals surface area contributed by atoms with Crippen molar-refractivity contribution < 1.29 is 19.0 Å². The number of carboxylic acids is 1. The molecule has 0 aromatic carbocycles. The highest BCUT2D eigenvalue weighted by molar-refractivity contribution is 5.73. The van der Waals surface area contributed by atoms with Crippen LogP contribution in [0.1, 0.15) is 0 Å². The number of nitrogens with zero attached hydrogens (tertiary/aromatic N) is 2. The van der Waals surface area contributed by atoms with E-state index in [0.717, 1.165) is 12.5 Å². The van der Waals surface area contributed by atoms with Gasteiger partial charge >= 0.3 is 5.97 Å². The van der Waals surface area contributed by atoms with Crippen molar-refractivity contribution in [1.29, 1.82) is 0 Å². The third kappa shape index (κ3) is 2.63. The van der Waals surface area contributed by atoms with Crippen molar-refractivity contribution in [3.63, 3.8) is 0 Å². The largest absolute Gasteiger partial charge is 0.480 e. The molecule has 1 rings (SSSR count). The minimum atomic E-state index is -1.22. The second kappa shape index (κ2) is 4.47. The Morgan fingerprint density at radius 2 is 2.50 bits per heavy atom. The smallest absolute Gasteiger partial charge is 0.324 e. The zero-order valence-corrected chi connectivity index (χ0v) is 7.05. The number of hydrogen-bond acceptors (Lipinski definition) is 5. The van der Waals surface area contributed by atoms with Crippen molar-refractivity contribution in [2.24, 2.45) is 5.73 Å². The summed E-state index contributed by atoms with van der Waals surface area (Å²) >= 11 is 0. The van der Waals surface area contributed by atoms with Gasteiger partial charge in [0.05, 0.1) is 6.20 Å². The number of aromatic nitrogens is 2. The van der Waals surface area contributed by atoms with Crippen LogP contribution in [0.5, 0.6) is 5.88 Å². The molecule has 3 N–H and O–H groups in total. The Kier molecular flexibility index (Phi) is 3.29. The fourth-order valence-electron chi connectivity index (χ4n) is 0.648. The van der Waals surface area contributed by atoms with E-state index in [9.17, 15) is 9.18 Å². The average Bonchev–Trinajstić information content (AvgIpc) is 2.16. The van der Waals surface area contributed by atoms with Crippen molar-refractivity contribution in [2.45, 2.75) is 6.04 Å². The minimum absolute atomic E-state index is 0.309. The van der Waals surface area contributed by atoms with Gasteiger partial charge in [0.1, 0.15) is 19.0 Å². The second-order valence-electron chi connectivity index (χ2n) is 2.43. The zero-order valence-electron chi connectivity index (χ0n) is 7.05. The number of hydrogen-bond donors (Lipinski definition) is 2. The Morgan fingerprint density at radius 1 is 1.79 bits per heavy atom. The first kappa shape index (κ1) is 10.3. The van der Waals surface area contributed by atoms with E-state index in [4.69, 9.17) is 15.6 Å². The normalized spacial score (nSPS) is 12.1. The predicted molar refractivity (Wildman–Crippen MR) is 43.1 cm³/mol. The summed E-state index contributed by atoms with van der Waals surface area (Å²) in [5.74, 6) is -2.29. The topological polar surface area (TPSA) is 98.3 Å². The van der Waals surface area contributed by atoms with Crippen LogP contribution in [0.25, 0.3) is 0 Å². The maximum atomic E-state index is 12.8. The highest BCUT2D eigenvalue weighted by Crippen LogP contribution is 2.09. The molecule has 76 valence electrons. The summed E-state index contributed by atoms with van der Waals surface area (Å²) in [5.41, 5.74) is 5.12. The summed E-state index contributed by atoms with van der Waals surface area (Å²) in [4.78, 5) is 17.1. The fraction of sp³-hybridized carbons (Fsp3) is 0.286. The van der Waals surface area contributed by atoms with Gasteiger partial charge in [-0.2, -0.15) is 9.37 Å². The van der Waals surface area contributed by atoms with Gasteiger partial charge in [-0.1, -0.05) is 0 Å². The van der Waals surface area contributed by atoms with Gasteiger partial charge < -0.3 is 15.6 Å². The summed E-state index contributed by atoms with van der Waals surface area (Å²) in [6.07, 6.45) is 2.00. The Bertz CT molecular complexity index is 334. The minimum Gasteiger partial charge on any atom is -0.480 e. The maximum absolute atomic E-state index is 12.8. The van der Waals surface area contributed by atoms with Crippen LogP contribution in [0.4, 0.5) is 4.39 Å². The number of ether oxygens (including phenoxy) is 1. The van der Waals surface area contributed by atoms with Gasteiger partial charge in [-0.25, -0.2) is 4.98 Å². The second-order valence-corrected chi connectivity index (χ2v) is 2.43. The molecule has 0 saturated carbocycles. The number of carbonyl (C=O) groups is 1. The van der Waals surface area contributed by atoms with Crippen LogP contribution in [0, 0.1) is 5.82 Å². The predicted octanol–water partition coefficient (Wildman–Crippen LogP) is -0.594. The molecule has 1 atom stereocenters. The lowest BCUT2D eigenvalue weighted by atomic mass is 10.3. The molecule has 0 spiro atoms. The molecule has 14 heavy (non-hydrogen) atoms. The molecule has 6 nitrogen and oxygen atoms in total. The SMILES string of the molecule is NC(COc1ncncc1F)C(=O)O. The van der Waals surface area contributed by atoms with Crippen molar-refractivity contribution in [2.75, 3.05) is 6.61 Å². The lowest BCUT2D eigenvalue weighted by Gasteiger charge is -2.07. The summed E-state index contributed by atoms with van der Waals surface area (Å²) in [6.45, 7) is -0.344. The molecule has 1 heterocycles. The number of carboxylic acid groups (broad SMARTS) is 1. The monoisotopic (exact) mass is 201 g/mol. The summed E-state index contributed by atoms with van der Waals surface area (Å²) in [7, 11) is 0. The van der Waals surface area contributed by atoms with Gasteiger partial charge in [0.2, 0.25) is 5.82 Å². The number of rotatable bonds is 4. The molecule has 0 bridgehead atoms. The fourth-order valence-corrected chi connectivity index (χ4v) is 0.648. The van der Waals surface area contributed by atoms with E-state index in [-0.39, 0.29) is 12.5 Å². The molecule has 0 aliphatic rings. The van der Waals surface area contributed by atoms with Crippen LogP contribution in [0.2, 0.25) is 0 Å². The number of halogens is 1. The highest BCUT2D eigenvalue weighted by Gasteiger charge is 2.13. The molecule has 0 aliphatic heterocycles. The van der Waals surface area contributed by atoms with Gasteiger partial charge in [-0.15, -0.1) is 0 Å². The molecule has 7 heteroatoms. The molecular weight excluding hydrogens is 193 g/mol. The van der Waals surface area contributed by atoms with Crippen molar-refractivity contribution in [1.82, 2.24) is 9.97 Å². The summed E-state index contributed by atoms with van der Waals surface area (Å²) in [6, 6.07) is -1.20. The van der Waals surface area contributed by atoms with Gasteiger partial charge in [0.25, 0.3) is 5.88 Å². The van der Waals surface area contributed by atoms with Crippen LogP contribution in [0.15, 0.2) is 12.5 Å². The standard InChI is InChI=1S/C7H8FN3O3/c8-4-1-10-3-11-6(4)14-2-5(9)7(12)13/h1,3,5H,2,9H2,(H,12,13). The van der Waals surface area contributed by atoms with E-state index in [0.29, 0.717) is 0 Å². The third-order valence-corrected chi connectivity index (χ3v) is 1.35. The van der Waals surface area contributed by atoms with Crippen molar-refractivity contribution in [3.8, 4) is 5.88 Å². The molecular formula is C7H8FN3O3. The van der Waals surface area contributed by atoms with Crippen molar-refractivity contribution >= 4 is 5.97 Å². The Morgan fingerprint density at radius 3 is 3.07 bits per heavy atom. The molecule has 0 fully saturated rings. The molecule has 1 unspecified atom stereocenters. The molecule has 0 radical (unpaired) electrons. The maximum Gasteiger partial charge on any atom is 0.324 e. The van der Waals surface area contributed by atoms with Gasteiger partial charge in [-0.3, -0.25) is 4.79 Å². The third-order valence-electron chi connectivity index (χ3n) is 1.35. The summed E-state index contributed by atoms with van der Waals surface area (Å²) < 4.78 is 17.5. The van der Waals surface area contributed by atoms with E-state index < -0.39 is 17.8 Å². The number of nitrogens with two attached hydrogens (primary N) is 1. The van der Waals surface area contributed by atoms with E-state index >= 15 is 0 Å². The highest BCUT2D eigenvalue weighted by atomic mass is 19.1. The van der Waals surface area contributed by atoms with Crippen LogP contribution in [0.3, 0.4) is 0 Å². The van der Waals surface area contributed by atoms with E-state index in [1.165, 1.54) is 0 Å². The van der Waals surface area contributed by atoms with E-state index in [1.54, 1.807) is 0 Å². The average molecular weight is 201 g/mol. The van der Waals surface area contributed by atoms with Gasteiger partial charge in [-0.05, 0) is 0 Å². The molecule has 0 amide bonds. The van der Waals surface area contributed by atoms with Crippen LogP contribution in [-0.2, 0) is 4.79 Å². The zero-order chi connectivity index (χ0) is 10.6. The summed E-state index contributed by atoms with van der Waals surface area (Å²) in [5, 5.41) is 8.40. The number of aliphatic carboxylic acids is 1. The quantitative estimate of drug-likeness (QED) is 0.675. The molecule has 1 aromatic heterocycles. The lowest BCUT2D eigenvalue weighted by Crippen LogP contribution is -2.36. The molecule has 1 aromatic rings. The van der Waals surface area contributed by atoms with Crippen LogP contribution < -0.4 is 10.5 Å². The first-order valence-corrected chi connectivity index (χ1v) is 3.68. The first-order valence-electron chi connectivity index (χ1n) is 3.68. The van der Waals surface area contributed by atoms with Crippen LogP contribution in [-0.4, -0.2) is 33.7 Å². The van der Waals surface area contributed by atoms with E-state index in [2.05, 4.69) is 9.97 Å². The lowest BCUT2D eigenvalue weighted by molar-refractivity contribution is -0.139. The van der Waals surface area contributed by atoms with Crippen LogP contribution >= 0.6 is 0 Å². The first-order chi connectivity index (χ1) is 6.61. The Labute approximate surface area is 78.5 Å². The van der Waals surface area contributed by atoms with Gasteiger partial charge in [0.15, 0.2) is 0 Å². The van der Waals surface area contributed by atoms with Gasteiger partial charge in [0, 0.05) is 0 Å². The van der Waals surface area contributed by atoms with E-state index in [1.807, 2.05) is 0 Å². The molecule has 0 saturated heterocycles. The van der Waals surface area contributed by atoms with Crippen molar-refractivity contribution in [3.05, 3.63) is 18.3 Å². The Hall–Kier alpha value is -1.76.